The summed E-state index contributed by atoms with van der Waals surface area (Å²) in [6.45, 7) is 6.63. The number of nitrogens with zero attached hydrogens (tertiary/aromatic N) is 2. The van der Waals surface area contributed by atoms with E-state index in [0.29, 0.717) is 0 Å². The SMILES string of the molecule is C=N/C=C\N(C)CCCC. The zero-order chi connectivity index (χ0) is 7.82. The average Bonchev–Trinajstić information content (AvgIpc) is 1.97. The maximum atomic E-state index is 3.61. The van der Waals surface area contributed by atoms with Gasteiger partial charge in [-0.3, -0.25) is 4.99 Å². The van der Waals surface area contributed by atoms with Gasteiger partial charge in [-0.1, -0.05) is 13.3 Å². The fourth-order valence-corrected chi connectivity index (χ4v) is 0.643. The second-order valence-electron chi connectivity index (χ2n) is 2.31. The molecule has 0 aliphatic carbocycles. The van der Waals surface area contributed by atoms with Gasteiger partial charge in [-0.2, -0.15) is 0 Å². The van der Waals surface area contributed by atoms with Crippen LogP contribution >= 0.6 is 0 Å². The molecule has 0 amide bonds. The van der Waals surface area contributed by atoms with Gasteiger partial charge in [0, 0.05) is 26.0 Å². The van der Waals surface area contributed by atoms with E-state index in [0.717, 1.165) is 6.54 Å². The van der Waals surface area contributed by atoms with E-state index in [4.69, 9.17) is 0 Å². The van der Waals surface area contributed by atoms with Crippen molar-refractivity contribution in [3.63, 3.8) is 0 Å². The van der Waals surface area contributed by atoms with Crippen LogP contribution < -0.4 is 0 Å². The number of hydrogen-bond donors (Lipinski definition) is 0. The molecular weight excluding hydrogens is 124 g/mol. The van der Waals surface area contributed by atoms with E-state index in [2.05, 4.69) is 23.5 Å². The Morgan fingerprint density at radius 2 is 2.30 bits per heavy atom. The molecule has 0 spiro atoms. The topological polar surface area (TPSA) is 15.6 Å². The van der Waals surface area contributed by atoms with Crippen molar-refractivity contribution in [2.45, 2.75) is 19.8 Å². The Hall–Kier alpha value is -0.790. The molecule has 0 rings (SSSR count). The monoisotopic (exact) mass is 140 g/mol. The lowest BCUT2D eigenvalue weighted by Crippen LogP contribution is -2.11. The molecule has 0 aromatic carbocycles. The van der Waals surface area contributed by atoms with Crippen LogP contribution in [0.2, 0.25) is 0 Å². The predicted molar refractivity (Wildman–Crippen MR) is 46.2 cm³/mol. The third-order valence-corrected chi connectivity index (χ3v) is 1.29. The van der Waals surface area contributed by atoms with Crippen LogP contribution in [0.15, 0.2) is 17.4 Å². The van der Waals surface area contributed by atoms with Gasteiger partial charge in [0.2, 0.25) is 0 Å². The van der Waals surface area contributed by atoms with E-state index in [-0.39, 0.29) is 0 Å². The van der Waals surface area contributed by atoms with E-state index in [1.807, 2.05) is 13.2 Å². The van der Waals surface area contributed by atoms with Gasteiger partial charge in [-0.25, -0.2) is 0 Å². The molecular formula is C8H16N2. The molecule has 0 saturated carbocycles. The molecule has 0 N–H and O–H groups in total. The highest BCUT2D eigenvalue weighted by atomic mass is 15.1. The zero-order valence-electron chi connectivity index (χ0n) is 6.88. The molecule has 0 aliphatic heterocycles. The number of aliphatic imine (C=N–C) groups is 1. The molecule has 0 unspecified atom stereocenters. The second kappa shape index (κ2) is 6.33. The summed E-state index contributed by atoms with van der Waals surface area (Å²) in [4.78, 5) is 5.72. The van der Waals surface area contributed by atoms with E-state index in [9.17, 15) is 0 Å². The first-order chi connectivity index (χ1) is 4.81. The summed E-state index contributed by atoms with van der Waals surface area (Å²) in [5, 5.41) is 0. The molecule has 2 heteroatoms. The number of unbranched alkanes of at least 4 members (excludes halogenated alkanes) is 1. The summed E-state index contributed by atoms with van der Waals surface area (Å²) in [7, 11) is 2.04. The first-order valence-electron chi connectivity index (χ1n) is 3.64. The molecule has 0 heterocycles. The van der Waals surface area contributed by atoms with Crippen LogP contribution in [-0.2, 0) is 0 Å². The summed E-state index contributed by atoms with van der Waals surface area (Å²) < 4.78 is 0. The Balaban J connectivity index is 3.32. The summed E-state index contributed by atoms with van der Waals surface area (Å²) >= 11 is 0. The van der Waals surface area contributed by atoms with Gasteiger partial charge in [0.25, 0.3) is 0 Å². The standard InChI is InChI=1S/C8H16N2/c1-4-5-7-10(3)8-6-9-2/h6,8H,2,4-5,7H2,1,3H3/b8-6-. The highest BCUT2D eigenvalue weighted by molar-refractivity contribution is 5.25. The summed E-state index contributed by atoms with van der Waals surface area (Å²) in [6.07, 6.45) is 6.11. The minimum Gasteiger partial charge on any atom is -0.379 e. The normalized spacial score (nSPS) is 10.2. The maximum absolute atomic E-state index is 3.61. The Morgan fingerprint density at radius 1 is 1.60 bits per heavy atom. The van der Waals surface area contributed by atoms with E-state index in [1.54, 1.807) is 6.20 Å². The smallest absolute Gasteiger partial charge is 0.0419 e. The van der Waals surface area contributed by atoms with Gasteiger partial charge in [-0.15, -0.1) is 0 Å². The van der Waals surface area contributed by atoms with Crippen LogP contribution in [0.3, 0.4) is 0 Å². The van der Waals surface area contributed by atoms with Crippen LogP contribution in [-0.4, -0.2) is 25.2 Å². The van der Waals surface area contributed by atoms with Gasteiger partial charge in [-0.05, 0) is 13.1 Å². The van der Waals surface area contributed by atoms with Gasteiger partial charge in [0.15, 0.2) is 0 Å². The highest BCUT2D eigenvalue weighted by Crippen LogP contribution is 1.91. The van der Waals surface area contributed by atoms with Crippen molar-refractivity contribution in [1.82, 2.24) is 4.90 Å². The average molecular weight is 140 g/mol. The fourth-order valence-electron chi connectivity index (χ4n) is 0.643. The third kappa shape index (κ3) is 5.35. The van der Waals surface area contributed by atoms with Gasteiger partial charge < -0.3 is 4.90 Å². The fraction of sp³-hybridized carbons (Fsp3) is 0.625. The van der Waals surface area contributed by atoms with Gasteiger partial charge >= 0.3 is 0 Å². The molecule has 58 valence electrons. The molecule has 0 aliphatic rings. The second-order valence-corrected chi connectivity index (χ2v) is 2.31. The van der Waals surface area contributed by atoms with E-state index in [1.165, 1.54) is 12.8 Å². The van der Waals surface area contributed by atoms with Gasteiger partial charge in [0.1, 0.15) is 0 Å². The van der Waals surface area contributed by atoms with Crippen molar-refractivity contribution in [3.05, 3.63) is 12.4 Å². The summed E-state index contributed by atoms with van der Waals surface area (Å²) in [5.41, 5.74) is 0. The van der Waals surface area contributed by atoms with Crippen molar-refractivity contribution >= 4 is 6.72 Å². The minimum absolute atomic E-state index is 1.10. The lowest BCUT2D eigenvalue weighted by molar-refractivity contribution is 0.440. The van der Waals surface area contributed by atoms with Gasteiger partial charge in [0.05, 0.1) is 0 Å². The molecule has 0 saturated heterocycles. The van der Waals surface area contributed by atoms with Crippen molar-refractivity contribution in [2.24, 2.45) is 4.99 Å². The van der Waals surface area contributed by atoms with Crippen LogP contribution in [0.5, 0.6) is 0 Å². The molecule has 10 heavy (non-hydrogen) atoms. The Bertz CT molecular complexity index is 108. The first kappa shape index (κ1) is 9.21. The molecule has 0 aromatic rings. The predicted octanol–water partition coefficient (Wildman–Crippen LogP) is 1.89. The number of rotatable bonds is 5. The third-order valence-electron chi connectivity index (χ3n) is 1.29. The lowest BCUT2D eigenvalue weighted by atomic mass is 10.3. The molecule has 0 radical (unpaired) electrons. The maximum Gasteiger partial charge on any atom is 0.0419 e. The van der Waals surface area contributed by atoms with Crippen molar-refractivity contribution in [1.29, 1.82) is 0 Å². The van der Waals surface area contributed by atoms with Crippen LogP contribution in [0.1, 0.15) is 19.8 Å². The summed E-state index contributed by atoms with van der Waals surface area (Å²) in [6, 6.07) is 0. The summed E-state index contributed by atoms with van der Waals surface area (Å²) in [5.74, 6) is 0. The lowest BCUT2D eigenvalue weighted by Gasteiger charge is -2.11. The largest absolute Gasteiger partial charge is 0.379 e. The number of hydrogen-bond acceptors (Lipinski definition) is 2. The quantitative estimate of drug-likeness (QED) is 0.532. The van der Waals surface area contributed by atoms with Crippen molar-refractivity contribution in [2.75, 3.05) is 13.6 Å². The highest BCUT2D eigenvalue weighted by Gasteiger charge is 1.86. The van der Waals surface area contributed by atoms with Crippen LogP contribution in [0, 0.1) is 0 Å². The molecule has 0 bridgehead atoms. The van der Waals surface area contributed by atoms with E-state index < -0.39 is 0 Å². The zero-order valence-corrected chi connectivity index (χ0v) is 6.88. The minimum atomic E-state index is 1.10. The van der Waals surface area contributed by atoms with Crippen molar-refractivity contribution < 1.29 is 0 Å². The Labute approximate surface area is 63.3 Å². The van der Waals surface area contributed by atoms with Crippen molar-refractivity contribution in [3.8, 4) is 0 Å². The van der Waals surface area contributed by atoms with E-state index >= 15 is 0 Å². The Morgan fingerprint density at radius 3 is 2.80 bits per heavy atom. The van der Waals surface area contributed by atoms with Crippen LogP contribution in [0.4, 0.5) is 0 Å². The van der Waals surface area contributed by atoms with Crippen LogP contribution in [0.25, 0.3) is 0 Å². The molecule has 2 nitrogen and oxygen atoms in total. The first-order valence-corrected chi connectivity index (χ1v) is 3.64. The molecule has 0 aromatic heterocycles. The molecule has 0 fully saturated rings. The molecule has 0 atom stereocenters. The Kier molecular flexibility index (Phi) is 5.83.